The number of carbonyl (C=O) groups excluding carboxylic acids is 1. The Morgan fingerprint density at radius 2 is 2.03 bits per heavy atom. The number of likely N-dealkylation sites (tertiary alicyclic amines) is 1. The lowest BCUT2D eigenvalue weighted by atomic mass is 10.1. The fourth-order valence-electron chi connectivity index (χ4n) is 5.09. The van der Waals surface area contributed by atoms with Gasteiger partial charge in [-0.2, -0.15) is 5.10 Å². The number of H-pyrrole nitrogens is 1. The zero-order valence-corrected chi connectivity index (χ0v) is 16.2. The molecule has 6 heterocycles. The first kappa shape index (κ1) is 16.7. The van der Waals surface area contributed by atoms with Gasteiger partial charge < -0.3 is 14.8 Å². The maximum absolute atomic E-state index is 13.5. The van der Waals surface area contributed by atoms with E-state index in [1.807, 2.05) is 24.5 Å². The van der Waals surface area contributed by atoms with E-state index >= 15 is 0 Å². The smallest absolute Gasteiger partial charge is 0.258 e. The van der Waals surface area contributed by atoms with Crippen LogP contribution in [0.3, 0.4) is 0 Å². The first-order valence-corrected chi connectivity index (χ1v) is 10.1. The lowest BCUT2D eigenvalue weighted by Crippen LogP contribution is -2.54. The van der Waals surface area contributed by atoms with E-state index in [-0.39, 0.29) is 5.91 Å². The van der Waals surface area contributed by atoms with Gasteiger partial charge in [-0.15, -0.1) is 0 Å². The molecule has 0 spiro atoms. The molecule has 1 amide bonds. The van der Waals surface area contributed by atoms with Crippen molar-refractivity contribution in [3.05, 3.63) is 54.6 Å². The van der Waals surface area contributed by atoms with Crippen molar-refractivity contribution in [2.24, 2.45) is 0 Å². The predicted molar refractivity (Wildman–Crippen MR) is 111 cm³/mol. The molecule has 2 bridgehead atoms. The number of hydrogen-bond acceptors (Lipinski definition) is 4. The van der Waals surface area contributed by atoms with Crippen molar-refractivity contribution in [1.29, 1.82) is 0 Å². The van der Waals surface area contributed by atoms with Crippen LogP contribution in [0.2, 0.25) is 0 Å². The van der Waals surface area contributed by atoms with Crippen molar-refractivity contribution in [2.75, 3.05) is 20.1 Å². The highest BCUT2D eigenvalue weighted by molar-refractivity contribution is 6.02. The quantitative estimate of drug-likeness (QED) is 0.575. The normalized spacial score (nSPS) is 22.0. The van der Waals surface area contributed by atoms with E-state index in [1.54, 1.807) is 16.9 Å². The molecule has 0 radical (unpaired) electrons. The Bertz CT molecular complexity index is 1230. The number of amides is 1. The van der Waals surface area contributed by atoms with Gasteiger partial charge in [0, 0.05) is 54.7 Å². The summed E-state index contributed by atoms with van der Waals surface area (Å²) in [5, 5.41) is 5.51. The molecular formula is C22H22N6O. The summed E-state index contributed by atoms with van der Waals surface area (Å²) in [5.74, 6) is 0.110. The molecule has 0 aromatic carbocycles. The van der Waals surface area contributed by atoms with Gasteiger partial charge in [0.1, 0.15) is 5.65 Å². The summed E-state index contributed by atoms with van der Waals surface area (Å²) in [6.45, 7) is 1.91. The predicted octanol–water partition coefficient (Wildman–Crippen LogP) is 2.80. The number of aromatic nitrogens is 4. The Morgan fingerprint density at radius 3 is 2.86 bits per heavy atom. The topological polar surface area (TPSA) is 69.5 Å². The molecule has 146 valence electrons. The van der Waals surface area contributed by atoms with Gasteiger partial charge in [-0.05, 0) is 49.7 Å². The first-order valence-electron chi connectivity index (χ1n) is 10.1. The molecule has 0 saturated carbocycles. The highest BCUT2D eigenvalue weighted by atomic mass is 16.2. The third-order valence-corrected chi connectivity index (χ3v) is 6.41. The minimum atomic E-state index is 0.110. The molecule has 4 aromatic rings. The molecule has 7 nitrogen and oxygen atoms in total. The Morgan fingerprint density at radius 1 is 1.21 bits per heavy atom. The van der Waals surface area contributed by atoms with E-state index in [4.69, 9.17) is 0 Å². The minimum Gasteiger partial charge on any atom is -0.346 e. The zero-order valence-electron chi connectivity index (χ0n) is 16.2. The van der Waals surface area contributed by atoms with Gasteiger partial charge in [-0.25, -0.2) is 9.50 Å². The van der Waals surface area contributed by atoms with E-state index in [2.05, 4.69) is 44.0 Å². The molecule has 7 heteroatoms. The van der Waals surface area contributed by atoms with E-state index < -0.39 is 0 Å². The number of rotatable bonds is 2. The van der Waals surface area contributed by atoms with Crippen molar-refractivity contribution in [1.82, 2.24) is 29.4 Å². The fraction of sp³-hybridized carbons (Fsp3) is 0.318. The summed E-state index contributed by atoms with van der Waals surface area (Å²) in [4.78, 5) is 25.5. The van der Waals surface area contributed by atoms with Gasteiger partial charge >= 0.3 is 0 Å². The van der Waals surface area contributed by atoms with Crippen molar-refractivity contribution in [3.8, 4) is 11.1 Å². The van der Waals surface area contributed by atoms with Crippen molar-refractivity contribution in [2.45, 2.75) is 24.9 Å². The van der Waals surface area contributed by atoms with E-state index in [1.165, 1.54) is 0 Å². The number of likely N-dealkylation sites (N-methyl/N-ethyl adjacent to an activating group) is 1. The standard InChI is InChI=1S/C22H22N6O/c1-26-12-15-4-5-16(13-26)28(15)22(29)19-11-25-27-8-6-14(9-20(19)27)18-10-24-21-17(18)3-2-7-23-21/h2-3,6-11,15-16H,4-5,12-13H2,1H3,(H,23,24). The summed E-state index contributed by atoms with van der Waals surface area (Å²) in [6.07, 6.45) is 9.58. The largest absolute Gasteiger partial charge is 0.346 e. The second-order valence-electron chi connectivity index (χ2n) is 8.22. The third-order valence-electron chi connectivity index (χ3n) is 6.41. The molecule has 2 unspecified atom stereocenters. The van der Waals surface area contributed by atoms with E-state index in [0.717, 1.165) is 53.6 Å². The van der Waals surface area contributed by atoms with Gasteiger partial charge in [-0.1, -0.05) is 0 Å². The van der Waals surface area contributed by atoms with Crippen LogP contribution in [-0.2, 0) is 0 Å². The van der Waals surface area contributed by atoms with Crippen LogP contribution in [0, 0.1) is 0 Å². The van der Waals surface area contributed by atoms with Crippen LogP contribution >= 0.6 is 0 Å². The van der Waals surface area contributed by atoms with Gasteiger partial charge in [0.05, 0.1) is 17.3 Å². The Hall–Kier alpha value is -3.19. The molecule has 29 heavy (non-hydrogen) atoms. The van der Waals surface area contributed by atoms with Gasteiger partial charge in [-0.3, -0.25) is 4.79 Å². The molecule has 2 fully saturated rings. The lowest BCUT2D eigenvalue weighted by molar-refractivity contribution is 0.0474. The summed E-state index contributed by atoms with van der Waals surface area (Å²) >= 11 is 0. The molecule has 1 N–H and O–H groups in total. The molecule has 6 rings (SSSR count). The summed E-state index contributed by atoms with van der Waals surface area (Å²) < 4.78 is 1.79. The Kier molecular flexibility index (Phi) is 3.55. The highest BCUT2D eigenvalue weighted by Gasteiger charge is 2.42. The van der Waals surface area contributed by atoms with Crippen molar-refractivity contribution < 1.29 is 4.79 Å². The highest BCUT2D eigenvalue weighted by Crippen LogP contribution is 2.33. The number of pyridine rings is 2. The fourth-order valence-corrected chi connectivity index (χ4v) is 5.09. The molecular weight excluding hydrogens is 364 g/mol. The number of piperazine rings is 1. The summed E-state index contributed by atoms with van der Waals surface area (Å²) in [5.41, 5.74) is 4.53. The summed E-state index contributed by atoms with van der Waals surface area (Å²) in [7, 11) is 2.14. The second kappa shape index (κ2) is 6.15. The monoisotopic (exact) mass is 386 g/mol. The van der Waals surface area contributed by atoms with Crippen LogP contribution in [0.4, 0.5) is 0 Å². The number of carbonyl (C=O) groups is 1. The van der Waals surface area contributed by atoms with Crippen LogP contribution in [0.5, 0.6) is 0 Å². The SMILES string of the molecule is CN1CC2CCC(C1)N2C(=O)c1cnn2ccc(-c3c[nH]c4ncccc34)cc12. The van der Waals surface area contributed by atoms with Crippen LogP contribution in [0.1, 0.15) is 23.2 Å². The molecule has 2 saturated heterocycles. The third kappa shape index (κ3) is 2.50. The number of fused-ring (bicyclic) bond motifs is 4. The molecule has 2 aliphatic rings. The molecule has 2 aliphatic heterocycles. The van der Waals surface area contributed by atoms with Crippen LogP contribution < -0.4 is 0 Å². The molecule has 4 aromatic heterocycles. The van der Waals surface area contributed by atoms with Gasteiger partial charge in [0.15, 0.2) is 0 Å². The average Bonchev–Trinajstić information content (AvgIpc) is 3.41. The Labute approximate surface area is 167 Å². The second-order valence-corrected chi connectivity index (χ2v) is 8.22. The Balaban J connectivity index is 1.43. The number of nitrogens with one attached hydrogen (secondary N) is 1. The van der Waals surface area contributed by atoms with Crippen LogP contribution in [0.15, 0.2) is 49.1 Å². The van der Waals surface area contributed by atoms with Crippen molar-refractivity contribution >= 4 is 22.5 Å². The van der Waals surface area contributed by atoms with Crippen molar-refractivity contribution in [3.63, 3.8) is 0 Å². The van der Waals surface area contributed by atoms with Crippen LogP contribution in [0.25, 0.3) is 27.7 Å². The molecule has 2 atom stereocenters. The minimum absolute atomic E-state index is 0.110. The lowest BCUT2D eigenvalue weighted by Gasteiger charge is -2.39. The summed E-state index contributed by atoms with van der Waals surface area (Å²) in [6, 6.07) is 8.71. The van der Waals surface area contributed by atoms with Gasteiger partial charge in [0.2, 0.25) is 0 Å². The van der Waals surface area contributed by atoms with E-state index in [0.29, 0.717) is 17.6 Å². The molecule has 0 aliphatic carbocycles. The number of nitrogens with zero attached hydrogens (tertiary/aromatic N) is 5. The zero-order chi connectivity index (χ0) is 19.5. The van der Waals surface area contributed by atoms with Crippen LogP contribution in [-0.4, -0.2) is 67.5 Å². The van der Waals surface area contributed by atoms with E-state index in [9.17, 15) is 4.79 Å². The number of hydrogen-bond donors (Lipinski definition) is 1. The maximum Gasteiger partial charge on any atom is 0.258 e. The van der Waals surface area contributed by atoms with Gasteiger partial charge in [0.25, 0.3) is 5.91 Å². The maximum atomic E-state index is 13.5. The first-order chi connectivity index (χ1) is 14.2. The average molecular weight is 386 g/mol. The number of aromatic amines is 1.